The molecule has 1 aliphatic rings. The van der Waals surface area contributed by atoms with E-state index in [1.165, 1.54) is 12.1 Å². The normalized spacial score (nSPS) is 14.0. The fraction of sp³-hybridized carbons (Fsp3) is 0.167. The molecule has 1 atom stereocenters. The molecular weight excluding hydrogens is 312 g/mol. The van der Waals surface area contributed by atoms with Crippen LogP contribution >= 0.6 is 0 Å². The lowest BCUT2D eigenvalue weighted by atomic mass is 9.80. The molecule has 0 spiro atoms. The number of carbonyl (C=O) groups excluding carboxylic acids is 3. The average Bonchev–Trinajstić information content (AvgIpc) is 2.59. The van der Waals surface area contributed by atoms with Crippen LogP contribution in [0.25, 0.3) is 0 Å². The topological polar surface area (TPSA) is 112 Å². The first-order chi connectivity index (χ1) is 11.5. The summed E-state index contributed by atoms with van der Waals surface area (Å²) >= 11 is 0. The molecule has 6 nitrogen and oxygen atoms in total. The Bertz CT molecular complexity index is 868. The van der Waals surface area contributed by atoms with Gasteiger partial charge in [0.15, 0.2) is 11.6 Å². The van der Waals surface area contributed by atoms with Gasteiger partial charge in [0.25, 0.3) is 0 Å². The van der Waals surface area contributed by atoms with Gasteiger partial charge >= 0.3 is 0 Å². The highest BCUT2D eigenvalue weighted by atomic mass is 16.3. The predicted molar refractivity (Wildman–Crippen MR) is 83.6 cm³/mol. The molecule has 0 saturated carbocycles. The first-order valence-electron chi connectivity index (χ1n) is 7.34. The van der Waals surface area contributed by atoms with Gasteiger partial charge in [-0.1, -0.05) is 24.3 Å². The molecule has 3 rings (SSSR count). The van der Waals surface area contributed by atoms with E-state index >= 15 is 0 Å². The molecule has 0 radical (unpaired) electrons. The van der Waals surface area contributed by atoms with Gasteiger partial charge in [-0.05, 0) is 12.5 Å². The van der Waals surface area contributed by atoms with Gasteiger partial charge in [0, 0.05) is 29.2 Å². The second kappa shape index (κ2) is 5.90. The van der Waals surface area contributed by atoms with Crippen molar-refractivity contribution in [3.63, 3.8) is 0 Å². The summed E-state index contributed by atoms with van der Waals surface area (Å²) in [6.45, 7) is -0.309. The smallest absolute Gasteiger partial charge is 0.198 e. The summed E-state index contributed by atoms with van der Waals surface area (Å²) in [7, 11) is 0. The van der Waals surface area contributed by atoms with E-state index < -0.39 is 29.0 Å². The van der Waals surface area contributed by atoms with Gasteiger partial charge in [0.05, 0.1) is 11.1 Å². The van der Waals surface area contributed by atoms with Crippen LogP contribution in [0.15, 0.2) is 30.3 Å². The average molecular weight is 326 g/mol. The standard InChI is InChI=1S/C18H14O6/c19-6-5-9(8-20)12-7-13(21)14-15(18(12)24)17(23)11-4-2-1-3-10(11)16(14)22/h1-4,7-9,19,21,24H,5-6H2. The molecule has 1 unspecified atom stereocenters. The minimum absolute atomic E-state index is 0.0100. The van der Waals surface area contributed by atoms with E-state index in [4.69, 9.17) is 5.11 Å². The summed E-state index contributed by atoms with van der Waals surface area (Å²) < 4.78 is 0. The molecule has 0 fully saturated rings. The summed E-state index contributed by atoms with van der Waals surface area (Å²) in [6.07, 6.45) is 0.536. The van der Waals surface area contributed by atoms with Crippen molar-refractivity contribution in [2.75, 3.05) is 6.61 Å². The number of phenols is 2. The minimum atomic E-state index is -0.897. The number of hydrogen-bond acceptors (Lipinski definition) is 6. The number of carbonyl (C=O) groups is 3. The Hall–Kier alpha value is -2.99. The van der Waals surface area contributed by atoms with Gasteiger partial charge in [-0.25, -0.2) is 0 Å². The number of hydrogen-bond donors (Lipinski definition) is 3. The molecule has 0 aromatic heterocycles. The van der Waals surface area contributed by atoms with E-state index in [0.717, 1.165) is 6.07 Å². The van der Waals surface area contributed by atoms with Gasteiger partial charge in [-0.3, -0.25) is 9.59 Å². The highest BCUT2D eigenvalue weighted by Gasteiger charge is 2.36. The number of aldehydes is 1. The lowest BCUT2D eigenvalue weighted by Crippen LogP contribution is -2.22. The Kier molecular flexibility index (Phi) is 3.91. The third-order valence-corrected chi connectivity index (χ3v) is 4.18. The maximum Gasteiger partial charge on any atom is 0.198 e. The molecule has 2 aromatic carbocycles. The highest BCUT2D eigenvalue weighted by molar-refractivity contribution is 6.30. The first-order valence-corrected chi connectivity index (χ1v) is 7.34. The molecule has 0 saturated heterocycles. The number of ketones is 2. The number of aliphatic hydroxyl groups is 1. The summed E-state index contributed by atoms with van der Waals surface area (Å²) in [5, 5.41) is 29.7. The van der Waals surface area contributed by atoms with Crippen molar-refractivity contribution in [2.45, 2.75) is 12.3 Å². The maximum absolute atomic E-state index is 12.7. The fourth-order valence-corrected chi connectivity index (χ4v) is 3.00. The van der Waals surface area contributed by atoms with Crippen molar-refractivity contribution in [2.24, 2.45) is 0 Å². The van der Waals surface area contributed by atoms with Gasteiger partial charge in [-0.15, -0.1) is 0 Å². The molecule has 0 aliphatic heterocycles. The van der Waals surface area contributed by atoms with Gasteiger partial charge in [0.1, 0.15) is 17.8 Å². The number of benzene rings is 2. The Labute approximate surface area is 137 Å². The van der Waals surface area contributed by atoms with Gasteiger partial charge < -0.3 is 20.1 Å². The third-order valence-electron chi connectivity index (χ3n) is 4.18. The van der Waals surface area contributed by atoms with Crippen molar-refractivity contribution < 1.29 is 29.7 Å². The Balaban J connectivity index is 2.28. The lowest BCUT2D eigenvalue weighted by molar-refractivity contribution is -0.109. The van der Waals surface area contributed by atoms with E-state index in [1.807, 2.05) is 0 Å². The molecule has 24 heavy (non-hydrogen) atoms. The van der Waals surface area contributed by atoms with Crippen LogP contribution in [0.4, 0.5) is 0 Å². The van der Waals surface area contributed by atoms with Crippen LogP contribution in [0.3, 0.4) is 0 Å². The zero-order valence-electron chi connectivity index (χ0n) is 12.5. The van der Waals surface area contributed by atoms with Crippen molar-refractivity contribution in [1.82, 2.24) is 0 Å². The van der Waals surface area contributed by atoms with Crippen LogP contribution in [0.1, 0.15) is 49.7 Å². The van der Waals surface area contributed by atoms with Crippen LogP contribution in [-0.2, 0) is 4.79 Å². The molecule has 2 aromatic rings. The van der Waals surface area contributed by atoms with E-state index in [9.17, 15) is 24.6 Å². The Morgan fingerprint density at radius 1 is 1.00 bits per heavy atom. The number of fused-ring (bicyclic) bond motifs is 2. The third kappa shape index (κ3) is 2.19. The summed E-state index contributed by atoms with van der Waals surface area (Å²) in [6, 6.07) is 7.23. The number of rotatable bonds is 4. The van der Waals surface area contributed by atoms with Crippen molar-refractivity contribution >= 4 is 17.9 Å². The molecular formula is C18H14O6. The number of aliphatic hydroxyl groups excluding tert-OH is 1. The summed E-state index contributed by atoms with van der Waals surface area (Å²) in [5.41, 5.74) is -0.283. The van der Waals surface area contributed by atoms with Crippen molar-refractivity contribution in [3.05, 3.63) is 58.1 Å². The van der Waals surface area contributed by atoms with Crippen LogP contribution in [0, 0.1) is 0 Å². The monoisotopic (exact) mass is 326 g/mol. The number of phenolic OH excluding ortho intramolecular Hbond substituents is 2. The molecule has 0 bridgehead atoms. The fourth-order valence-electron chi connectivity index (χ4n) is 3.00. The number of aromatic hydroxyl groups is 2. The van der Waals surface area contributed by atoms with E-state index in [0.29, 0.717) is 6.29 Å². The maximum atomic E-state index is 12.7. The first kappa shape index (κ1) is 15.9. The molecule has 0 amide bonds. The molecule has 3 N–H and O–H groups in total. The molecule has 1 aliphatic carbocycles. The van der Waals surface area contributed by atoms with Crippen molar-refractivity contribution in [3.8, 4) is 11.5 Å². The Morgan fingerprint density at radius 3 is 2.12 bits per heavy atom. The molecule has 6 heteroatoms. The minimum Gasteiger partial charge on any atom is -0.507 e. The van der Waals surface area contributed by atoms with Crippen LogP contribution < -0.4 is 0 Å². The zero-order valence-corrected chi connectivity index (χ0v) is 12.5. The second-order valence-corrected chi connectivity index (χ2v) is 5.54. The zero-order chi connectivity index (χ0) is 17.4. The second-order valence-electron chi connectivity index (χ2n) is 5.54. The SMILES string of the molecule is O=CC(CCO)c1cc(O)c2c(c1O)C(=O)c1ccccc1C2=O. The highest BCUT2D eigenvalue weighted by Crippen LogP contribution is 2.42. The molecule has 122 valence electrons. The quantitative estimate of drug-likeness (QED) is 0.495. The van der Waals surface area contributed by atoms with Crippen molar-refractivity contribution in [1.29, 1.82) is 0 Å². The Morgan fingerprint density at radius 2 is 1.58 bits per heavy atom. The van der Waals surface area contributed by atoms with Crippen LogP contribution in [-0.4, -0.2) is 39.8 Å². The van der Waals surface area contributed by atoms with Crippen LogP contribution in [0.5, 0.6) is 11.5 Å². The van der Waals surface area contributed by atoms with Gasteiger partial charge in [0.2, 0.25) is 0 Å². The summed E-state index contributed by atoms with van der Waals surface area (Å²) in [5.74, 6) is -3.05. The van der Waals surface area contributed by atoms with E-state index in [2.05, 4.69) is 0 Å². The van der Waals surface area contributed by atoms with Crippen LogP contribution in [0.2, 0.25) is 0 Å². The van der Waals surface area contributed by atoms with E-state index in [-0.39, 0.29) is 40.8 Å². The van der Waals surface area contributed by atoms with E-state index in [1.54, 1.807) is 12.1 Å². The predicted octanol–water partition coefficient (Wildman–Crippen LogP) is 1.54. The summed E-state index contributed by atoms with van der Waals surface area (Å²) in [4.78, 5) is 36.5. The largest absolute Gasteiger partial charge is 0.507 e. The van der Waals surface area contributed by atoms with Gasteiger partial charge in [-0.2, -0.15) is 0 Å². The molecule has 0 heterocycles. The lowest BCUT2D eigenvalue weighted by Gasteiger charge is -2.22.